The molecule has 1 amide bonds. The van der Waals surface area contributed by atoms with E-state index in [4.69, 9.17) is 9.47 Å². The first-order valence-electron chi connectivity index (χ1n) is 8.27. The summed E-state index contributed by atoms with van der Waals surface area (Å²) in [6.45, 7) is 3.48. The van der Waals surface area contributed by atoms with Gasteiger partial charge in [-0.15, -0.1) is 0 Å². The van der Waals surface area contributed by atoms with E-state index in [1.165, 1.54) is 37.1 Å². The molecule has 26 heavy (non-hydrogen) atoms. The number of rotatable bonds is 6. The van der Waals surface area contributed by atoms with Crippen LogP contribution in [0.15, 0.2) is 18.2 Å². The van der Waals surface area contributed by atoms with Gasteiger partial charge in [-0.05, 0) is 32.4 Å². The molecule has 0 aromatic heterocycles. The van der Waals surface area contributed by atoms with Gasteiger partial charge in [0.25, 0.3) is 5.91 Å². The van der Waals surface area contributed by atoms with Crippen LogP contribution in [0, 0.1) is 0 Å². The molecule has 1 aliphatic heterocycles. The predicted molar refractivity (Wildman–Crippen MR) is 94.0 cm³/mol. The Morgan fingerprint density at radius 1 is 1.38 bits per heavy atom. The third-order valence-electron chi connectivity index (χ3n) is 4.33. The molecule has 1 fully saturated rings. The molecule has 9 heteroatoms. The zero-order valence-electron chi connectivity index (χ0n) is 15.0. The molecule has 1 heterocycles. The molecular weight excluding hydrogens is 362 g/mol. The van der Waals surface area contributed by atoms with Gasteiger partial charge in [0.15, 0.2) is 15.9 Å². The number of sulfone groups is 1. The molecular formula is C17H23NO7S. The van der Waals surface area contributed by atoms with Crippen LogP contribution in [0.5, 0.6) is 11.5 Å². The van der Waals surface area contributed by atoms with E-state index in [-0.39, 0.29) is 22.8 Å². The number of likely N-dealkylation sites (N-methyl/N-ethyl adjacent to an activating group) is 1. The number of carbonyl (C=O) groups excluding carboxylic acids is 2. The fourth-order valence-corrected chi connectivity index (χ4v) is 4.66. The maximum atomic E-state index is 12.6. The minimum atomic E-state index is -3.13. The zero-order valence-corrected chi connectivity index (χ0v) is 15.8. The smallest absolute Gasteiger partial charge is 0.342 e. The highest BCUT2D eigenvalue weighted by molar-refractivity contribution is 7.91. The Morgan fingerprint density at radius 3 is 2.58 bits per heavy atom. The maximum absolute atomic E-state index is 12.6. The van der Waals surface area contributed by atoms with Crippen LogP contribution in [0.1, 0.15) is 30.6 Å². The number of carbonyl (C=O) groups is 2. The molecule has 0 spiro atoms. The number of ether oxygens (including phenoxy) is 2. The molecule has 2 rings (SSSR count). The van der Waals surface area contributed by atoms with Crippen LogP contribution in [-0.4, -0.2) is 67.6 Å². The standard InChI is InChI=1S/C17H23NO7S/c1-4-18(12-7-8-26(22,23)10-12)16(20)11(2)25-17(21)14-6-5-13(24-3)9-15(14)19/h5-6,9,11-12,19H,4,7-8,10H2,1-3H3/t11-,12-/m0/s1. The van der Waals surface area contributed by atoms with Gasteiger partial charge < -0.3 is 19.5 Å². The van der Waals surface area contributed by atoms with E-state index >= 15 is 0 Å². The lowest BCUT2D eigenvalue weighted by Gasteiger charge is -2.29. The van der Waals surface area contributed by atoms with Gasteiger partial charge in [0.05, 0.1) is 18.6 Å². The van der Waals surface area contributed by atoms with Gasteiger partial charge in [0, 0.05) is 18.7 Å². The van der Waals surface area contributed by atoms with Crippen molar-refractivity contribution in [1.82, 2.24) is 4.90 Å². The second kappa shape index (κ2) is 7.94. The normalized spacial score (nSPS) is 19.6. The summed E-state index contributed by atoms with van der Waals surface area (Å²) in [6.07, 6.45) is -0.728. The zero-order chi connectivity index (χ0) is 19.5. The number of hydrogen-bond donors (Lipinski definition) is 1. The van der Waals surface area contributed by atoms with E-state index < -0.39 is 33.9 Å². The largest absolute Gasteiger partial charge is 0.507 e. The van der Waals surface area contributed by atoms with E-state index in [0.29, 0.717) is 18.7 Å². The molecule has 8 nitrogen and oxygen atoms in total. The fourth-order valence-electron chi connectivity index (χ4n) is 2.93. The Kier molecular flexibility index (Phi) is 6.12. The van der Waals surface area contributed by atoms with Gasteiger partial charge in [0.1, 0.15) is 17.1 Å². The highest BCUT2D eigenvalue weighted by atomic mass is 32.2. The van der Waals surface area contributed by atoms with Crippen LogP contribution < -0.4 is 4.74 Å². The van der Waals surface area contributed by atoms with E-state index in [1.807, 2.05) is 0 Å². The summed E-state index contributed by atoms with van der Waals surface area (Å²) in [6, 6.07) is 3.69. The number of aromatic hydroxyl groups is 1. The van der Waals surface area contributed by atoms with Crippen LogP contribution in [0.25, 0.3) is 0 Å². The van der Waals surface area contributed by atoms with E-state index in [2.05, 4.69) is 0 Å². The van der Waals surface area contributed by atoms with E-state index in [0.717, 1.165) is 0 Å². The van der Waals surface area contributed by atoms with Crippen LogP contribution in [0.3, 0.4) is 0 Å². The first-order valence-corrected chi connectivity index (χ1v) is 10.1. The first kappa shape index (κ1) is 20.0. The topological polar surface area (TPSA) is 110 Å². The van der Waals surface area contributed by atoms with Gasteiger partial charge in [-0.1, -0.05) is 0 Å². The Hall–Kier alpha value is -2.29. The Morgan fingerprint density at radius 2 is 2.08 bits per heavy atom. The third-order valence-corrected chi connectivity index (χ3v) is 6.08. The molecule has 0 saturated carbocycles. The monoisotopic (exact) mass is 385 g/mol. The Labute approximate surface area is 152 Å². The molecule has 1 aliphatic rings. The third kappa shape index (κ3) is 4.46. The summed E-state index contributed by atoms with van der Waals surface area (Å²) in [5, 5.41) is 9.89. The summed E-state index contributed by atoms with van der Waals surface area (Å²) >= 11 is 0. The van der Waals surface area contributed by atoms with Gasteiger partial charge in [0.2, 0.25) is 0 Å². The number of hydrogen-bond acceptors (Lipinski definition) is 7. The highest BCUT2D eigenvalue weighted by Crippen LogP contribution is 2.25. The van der Waals surface area contributed by atoms with Gasteiger partial charge >= 0.3 is 5.97 Å². The SMILES string of the molecule is CCN(C(=O)[C@H](C)OC(=O)c1ccc(OC)cc1O)[C@H]1CCS(=O)(=O)C1. The number of phenols is 1. The lowest BCUT2D eigenvalue weighted by atomic mass is 10.2. The summed E-state index contributed by atoms with van der Waals surface area (Å²) in [4.78, 5) is 26.2. The number of phenolic OH excluding ortho intramolecular Hbond substituents is 1. The van der Waals surface area contributed by atoms with Gasteiger partial charge in [-0.2, -0.15) is 0 Å². The minimum Gasteiger partial charge on any atom is -0.507 e. The molecule has 1 aromatic carbocycles. The van der Waals surface area contributed by atoms with E-state index in [9.17, 15) is 23.1 Å². The lowest BCUT2D eigenvalue weighted by Crippen LogP contribution is -2.46. The average Bonchev–Trinajstić information content (AvgIpc) is 2.94. The minimum absolute atomic E-state index is 0.0509. The maximum Gasteiger partial charge on any atom is 0.342 e. The second-order valence-electron chi connectivity index (χ2n) is 6.11. The highest BCUT2D eigenvalue weighted by Gasteiger charge is 2.36. The summed E-state index contributed by atoms with van der Waals surface area (Å²) in [5.74, 6) is -1.27. The first-order chi connectivity index (χ1) is 12.2. The molecule has 1 saturated heterocycles. The molecule has 0 bridgehead atoms. The molecule has 1 aromatic rings. The lowest BCUT2D eigenvalue weighted by molar-refractivity contribution is -0.141. The van der Waals surface area contributed by atoms with Crippen molar-refractivity contribution in [3.63, 3.8) is 0 Å². The second-order valence-corrected chi connectivity index (χ2v) is 8.34. The number of esters is 1. The van der Waals surface area contributed by atoms with Crippen molar-refractivity contribution in [3.05, 3.63) is 23.8 Å². The summed E-state index contributed by atoms with van der Waals surface area (Å²) < 4.78 is 33.4. The van der Waals surface area contributed by atoms with Gasteiger partial charge in [-0.25, -0.2) is 13.2 Å². The van der Waals surface area contributed by atoms with Crippen molar-refractivity contribution in [1.29, 1.82) is 0 Å². The molecule has 0 aliphatic carbocycles. The molecule has 144 valence electrons. The summed E-state index contributed by atoms with van der Waals surface area (Å²) in [7, 11) is -1.71. The Bertz CT molecular complexity index is 790. The molecule has 1 N–H and O–H groups in total. The van der Waals surface area contributed by atoms with Crippen molar-refractivity contribution in [3.8, 4) is 11.5 Å². The number of methoxy groups -OCH3 is 1. The van der Waals surface area contributed by atoms with Crippen molar-refractivity contribution in [2.45, 2.75) is 32.4 Å². The quantitative estimate of drug-likeness (QED) is 0.727. The van der Waals surface area contributed by atoms with Crippen LogP contribution in [0.4, 0.5) is 0 Å². The fraction of sp³-hybridized carbons (Fsp3) is 0.529. The van der Waals surface area contributed by atoms with Crippen LogP contribution in [0.2, 0.25) is 0 Å². The van der Waals surface area contributed by atoms with E-state index in [1.54, 1.807) is 6.92 Å². The molecule has 0 unspecified atom stereocenters. The number of nitrogens with zero attached hydrogens (tertiary/aromatic N) is 1. The number of benzene rings is 1. The molecule has 2 atom stereocenters. The van der Waals surface area contributed by atoms with Crippen LogP contribution in [-0.2, 0) is 19.4 Å². The predicted octanol–water partition coefficient (Wildman–Crippen LogP) is 0.982. The number of amides is 1. The molecule has 0 radical (unpaired) electrons. The Balaban J connectivity index is 2.06. The van der Waals surface area contributed by atoms with Crippen molar-refractivity contribution < 1.29 is 32.6 Å². The van der Waals surface area contributed by atoms with Crippen molar-refractivity contribution in [2.75, 3.05) is 25.2 Å². The average molecular weight is 385 g/mol. The van der Waals surface area contributed by atoms with Gasteiger partial charge in [-0.3, -0.25) is 4.79 Å². The summed E-state index contributed by atoms with van der Waals surface area (Å²) in [5.41, 5.74) is -0.0862. The van der Waals surface area contributed by atoms with Crippen molar-refractivity contribution in [2.24, 2.45) is 0 Å². The van der Waals surface area contributed by atoms with Crippen LogP contribution >= 0.6 is 0 Å². The van der Waals surface area contributed by atoms with Crippen molar-refractivity contribution >= 4 is 21.7 Å².